The number of rotatable bonds is 4. The van der Waals surface area contributed by atoms with E-state index in [1.807, 2.05) is 13.0 Å². The van der Waals surface area contributed by atoms with Crippen LogP contribution in [0.3, 0.4) is 0 Å². The molecule has 104 valence electrons. The highest BCUT2D eigenvalue weighted by Crippen LogP contribution is 2.25. The fourth-order valence-electron chi connectivity index (χ4n) is 1.70. The predicted octanol–water partition coefficient (Wildman–Crippen LogP) is 4.32. The maximum Gasteiger partial charge on any atom is 0.191 e. The van der Waals surface area contributed by atoms with Crippen molar-refractivity contribution < 1.29 is 18.3 Å². The summed E-state index contributed by atoms with van der Waals surface area (Å²) >= 11 is 6.01. The number of hydrogen-bond donors (Lipinski definition) is 0. The van der Waals surface area contributed by atoms with Crippen molar-refractivity contribution in [3.05, 3.63) is 63.7 Å². The van der Waals surface area contributed by atoms with Crippen molar-refractivity contribution in [3.63, 3.8) is 0 Å². The van der Waals surface area contributed by atoms with Crippen LogP contribution in [0.25, 0.3) is 0 Å². The van der Waals surface area contributed by atoms with Crippen LogP contribution in [0.4, 0.5) is 8.78 Å². The number of aryl methyl sites for hydroxylation is 1. The van der Waals surface area contributed by atoms with Gasteiger partial charge in [0.25, 0.3) is 0 Å². The van der Waals surface area contributed by atoms with Crippen LogP contribution in [-0.2, 0) is 6.61 Å². The summed E-state index contributed by atoms with van der Waals surface area (Å²) in [5, 5.41) is 0.468. The monoisotopic (exact) mass is 296 g/mol. The lowest BCUT2D eigenvalue weighted by molar-refractivity contribution is 0.112. The quantitative estimate of drug-likeness (QED) is 0.786. The van der Waals surface area contributed by atoms with Crippen molar-refractivity contribution >= 4 is 17.9 Å². The molecule has 0 atom stereocenters. The van der Waals surface area contributed by atoms with E-state index >= 15 is 0 Å². The van der Waals surface area contributed by atoms with E-state index < -0.39 is 17.4 Å². The van der Waals surface area contributed by atoms with Gasteiger partial charge < -0.3 is 4.74 Å². The number of hydrogen-bond acceptors (Lipinski definition) is 2. The van der Waals surface area contributed by atoms with Gasteiger partial charge in [-0.3, -0.25) is 4.79 Å². The number of carbonyl (C=O) groups is 1. The minimum Gasteiger partial charge on any atom is -0.483 e. The molecule has 0 saturated heterocycles. The summed E-state index contributed by atoms with van der Waals surface area (Å²) in [6.07, 6.45) is 0.368. The van der Waals surface area contributed by atoms with Crippen molar-refractivity contribution in [2.45, 2.75) is 13.5 Å². The Bertz CT molecular complexity index is 633. The standard InChI is InChI=1S/C15H11ClF2O2/c1-9-2-3-11(12(16)4-9)8-20-15-13(17)5-10(7-19)6-14(15)18/h2-7H,8H2,1H3. The third-order valence-electron chi connectivity index (χ3n) is 2.74. The van der Waals surface area contributed by atoms with E-state index in [1.54, 1.807) is 12.1 Å². The smallest absolute Gasteiger partial charge is 0.191 e. The fourth-order valence-corrected chi connectivity index (χ4v) is 1.99. The maximum atomic E-state index is 13.6. The Morgan fingerprint density at radius 3 is 2.40 bits per heavy atom. The second-order valence-corrected chi connectivity index (χ2v) is 4.72. The molecule has 0 aliphatic rings. The van der Waals surface area contributed by atoms with Gasteiger partial charge in [-0.25, -0.2) is 8.78 Å². The van der Waals surface area contributed by atoms with Gasteiger partial charge in [-0.2, -0.15) is 0 Å². The molecule has 0 heterocycles. The lowest BCUT2D eigenvalue weighted by atomic mass is 10.1. The average Bonchev–Trinajstić information content (AvgIpc) is 2.39. The first-order valence-corrected chi connectivity index (χ1v) is 6.21. The van der Waals surface area contributed by atoms with Gasteiger partial charge in [0, 0.05) is 16.1 Å². The zero-order chi connectivity index (χ0) is 14.7. The summed E-state index contributed by atoms with van der Waals surface area (Å²) in [4.78, 5) is 10.5. The Kier molecular flexibility index (Phi) is 4.35. The van der Waals surface area contributed by atoms with E-state index in [2.05, 4.69) is 0 Å². The summed E-state index contributed by atoms with van der Waals surface area (Å²) < 4.78 is 32.3. The molecule has 2 nitrogen and oxygen atoms in total. The third-order valence-corrected chi connectivity index (χ3v) is 3.09. The Balaban J connectivity index is 2.21. The highest BCUT2D eigenvalue weighted by atomic mass is 35.5. The van der Waals surface area contributed by atoms with Crippen molar-refractivity contribution in [2.75, 3.05) is 0 Å². The molecule has 5 heteroatoms. The van der Waals surface area contributed by atoms with Gasteiger partial charge in [0.1, 0.15) is 12.9 Å². The molecule has 0 saturated carbocycles. The molecule has 2 rings (SSSR count). The van der Waals surface area contributed by atoms with Crippen LogP contribution in [0.2, 0.25) is 5.02 Å². The van der Waals surface area contributed by atoms with E-state index in [4.69, 9.17) is 16.3 Å². The molecule has 20 heavy (non-hydrogen) atoms. The predicted molar refractivity (Wildman–Crippen MR) is 72.3 cm³/mol. The Labute approximate surface area is 119 Å². The highest BCUT2D eigenvalue weighted by Gasteiger charge is 2.13. The Hall–Kier alpha value is -1.94. The van der Waals surface area contributed by atoms with E-state index in [0.29, 0.717) is 16.9 Å². The van der Waals surface area contributed by atoms with E-state index in [9.17, 15) is 13.6 Å². The lowest BCUT2D eigenvalue weighted by Gasteiger charge is -2.10. The minimum atomic E-state index is -0.921. The maximum absolute atomic E-state index is 13.6. The van der Waals surface area contributed by atoms with Crippen molar-refractivity contribution in [1.29, 1.82) is 0 Å². The summed E-state index contributed by atoms with van der Waals surface area (Å²) in [6, 6.07) is 7.13. The third kappa shape index (κ3) is 3.14. The van der Waals surface area contributed by atoms with Gasteiger partial charge in [0.05, 0.1) is 0 Å². The number of benzene rings is 2. The molecule has 0 spiro atoms. The first-order valence-electron chi connectivity index (χ1n) is 5.83. The number of carbonyl (C=O) groups excluding carboxylic acids is 1. The number of aldehydes is 1. The molecule has 0 aliphatic carbocycles. The second-order valence-electron chi connectivity index (χ2n) is 4.32. The molecular formula is C15H11ClF2O2. The molecule has 0 bridgehead atoms. The van der Waals surface area contributed by atoms with Gasteiger partial charge in [-0.15, -0.1) is 0 Å². The SMILES string of the molecule is Cc1ccc(COc2c(F)cc(C=O)cc2F)c(Cl)c1. The summed E-state index contributed by atoms with van der Waals surface area (Å²) in [5.74, 6) is -2.36. The number of ether oxygens (including phenoxy) is 1. The zero-order valence-corrected chi connectivity index (χ0v) is 11.4. The van der Waals surface area contributed by atoms with Crippen LogP contribution in [0.15, 0.2) is 30.3 Å². The van der Waals surface area contributed by atoms with Crippen LogP contribution in [0, 0.1) is 18.6 Å². The molecular weight excluding hydrogens is 286 g/mol. The summed E-state index contributed by atoms with van der Waals surface area (Å²) in [7, 11) is 0. The Morgan fingerprint density at radius 2 is 1.85 bits per heavy atom. The van der Waals surface area contributed by atoms with E-state index in [-0.39, 0.29) is 12.2 Å². The first kappa shape index (κ1) is 14.5. The minimum absolute atomic E-state index is 0.0621. The summed E-state index contributed by atoms with van der Waals surface area (Å²) in [6.45, 7) is 1.82. The second kappa shape index (κ2) is 6.01. The molecule has 0 aliphatic heterocycles. The molecule has 0 amide bonds. The molecule has 2 aromatic rings. The largest absolute Gasteiger partial charge is 0.483 e. The zero-order valence-electron chi connectivity index (χ0n) is 10.6. The van der Waals surface area contributed by atoms with Gasteiger partial charge in [0.2, 0.25) is 0 Å². The van der Waals surface area contributed by atoms with E-state index in [0.717, 1.165) is 17.7 Å². The van der Waals surface area contributed by atoms with Gasteiger partial charge >= 0.3 is 0 Å². The molecule has 0 aromatic heterocycles. The van der Waals surface area contributed by atoms with Crippen LogP contribution < -0.4 is 4.74 Å². The highest BCUT2D eigenvalue weighted by molar-refractivity contribution is 6.31. The first-order chi connectivity index (χ1) is 9.51. The normalized spacial score (nSPS) is 10.4. The van der Waals surface area contributed by atoms with Crippen molar-refractivity contribution in [2.24, 2.45) is 0 Å². The molecule has 2 aromatic carbocycles. The van der Waals surface area contributed by atoms with Gasteiger partial charge in [-0.1, -0.05) is 23.7 Å². The number of halogens is 3. The van der Waals surface area contributed by atoms with Crippen LogP contribution >= 0.6 is 11.6 Å². The topological polar surface area (TPSA) is 26.3 Å². The molecule has 0 N–H and O–H groups in total. The van der Waals surface area contributed by atoms with Crippen LogP contribution in [-0.4, -0.2) is 6.29 Å². The van der Waals surface area contributed by atoms with Gasteiger partial charge in [0.15, 0.2) is 17.4 Å². The lowest BCUT2D eigenvalue weighted by Crippen LogP contribution is -2.01. The summed E-state index contributed by atoms with van der Waals surface area (Å²) in [5.41, 5.74) is 1.52. The molecule has 0 unspecified atom stereocenters. The van der Waals surface area contributed by atoms with E-state index in [1.165, 1.54) is 0 Å². The van der Waals surface area contributed by atoms with Gasteiger partial charge in [-0.05, 0) is 30.7 Å². The van der Waals surface area contributed by atoms with Crippen LogP contribution in [0.5, 0.6) is 5.75 Å². The van der Waals surface area contributed by atoms with Crippen molar-refractivity contribution in [1.82, 2.24) is 0 Å². The average molecular weight is 297 g/mol. The molecule has 0 fully saturated rings. The fraction of sp³-hybridized carbons (Fsp3) is 0.133. The van der Waals surface area contributed by atoms with Crippen molar-refractivity contribution in [3.8, 4) is 5.75 Å². The Morgan fingerprint density at radius 1 is 1.20 bits per heavy atom. The van der Waals surface area contributed by atoms with Crippen LogP contribution in [0.1, 0.15) is 21.5 Å². The molecule has 0 radical (unpaired) electrons.